The van der Waals surface area contributed by atoms with Crippen molar-refractivity contribution in [3.05, 3.63) is 53.8 Å². The van der Waals surface area contributed by atoms with Crippen LogP contribution >= 0.6 is 11.3 Å². The summed E-state index contributed by atoms with van der Waals surface area (Å²) in [5, 5.41) is 5.37. The number of carbonyl (C=O) groups excluding carboxylic acids is 1. The van der Waals surface area contributed by atoms with E-state index in [4.69, 9.17) is 4.98 Å². The molecule has 1 aliphatic heterocycles. The Morgan fingerprint density at radius 3 is 2.93 bits per heavy atom. The molecule has 0 aromatic carbocycles. The van der Waals surface area contributed by atoms with Crippen molar-refractivity contribution in [2.45, 2.75) is 39.7 Å². The second-order valence-corrected chi connectivity index (χ2v) is 8.87. The average Bonchev–Trinajstić information content (AvgIpc) is 3.38. The second kappa shape index (κ2) is 8.44. The van der Waals surface area contributed by atoms with Crippen molar-refractivity contribution in [2.75, 3.05) is 18.4 Å². The molecule has 3 aromatic heterocycles. The normalized spacial score (nSPS) is 15.2. The van der Waals surface area contributed by atoms with Crippen molar-refractivity contribution in [3.8, 4) is 0 Å². The summed E-state index contributed by atoms with van der Waals surface area (Å²) < 4.78 is 2.32. The summed E-state index contributed by atoms with van der Waals surface area (Å²) in [5.41, 5.74) is 3.32. The standard InChI is InChI=1S/C23H27N5OS/c1-5-15(3)28-12-9-18-19(28)13-20(26-23-24-14-16(4)30-23)25-22(18)17-7-10-27(11-8-17)21(29)6-2/h6-7,9,12-15H,2,5,8,10-11H2,1,3-4H3,(H,24,25,26)/t15-/m0/s1. The summed E-state index contributed by atoms with van der Waals surface area (Å²) in [5.74, 6) is 0.765. The van der Waals surface area contributed by atoms with E-state index in [1.54, 1.807) is 16.2 Å². The van der Waals surface area contributed by atoms with Crippen LogP contribution in [0.15, 0.2) is 43.3 Å². The molecule has 7 heteroatoms. The number of nitrogens with zero attached hydrogens (tertiary/aromatic N) is 4. The Labute approximate surface area is 180 Å². The number of pyridine rings is 1. The van der Waals surface area contributed by atoms with Crippen molar-refractivity contribution in [3.63, 3.8) is 0 Å². The van der Waals surface area contributed by atoms with Crippen LogP contribution in [0.1, 0.15) is 43.3 Å². The first-order chi connectivity index (χ1) is 14.5. The Kier molecular flexibility index (Phi) is 5.72. The molecule has 4 rings (SSSR count). The molecule has 30 heavy (non-hydrogen) atoms. The summed E-state index contributed by atoms with van der Waals surface area (Å²) in [6.45, 7) is 11.3. The summed E-state index contributed by atoms with van der Waals surface area (Å²) in [7, 11) is 0. The third-order valence-corrected chi connectivity index (χ3v) is 6.47. The zero-order valence-electron chi connectivity index (χ0n) is 17.7. The van der Waals surface area contributed by atoms with Gasteiger partial charge in [0.05, 0.1) is 11.2 Å². The van der Waals surface area contributed by atoms with Gasteiger partial charge >= 0.3 is 0 Å². The smallest absolute Gasteiger partial charge is 0.246 e. The zero-order chi connectivity index (χ0) is 21.3. The van der Waals surface area contributed by atoms with Crippen molar-refractivity contribution in [2.24, 2.45) is 0 Å². The fourth-order valence-corrected chi connectivity index (χ4v) is 4.45. The predicted octanol–water partition coefficient (Wildman–Crippen LogP) is 5.32. The minimum atomic E-state index is -0.0270. The maximum Gasteiger partial charge on any atom is 0.246 e. The summed E-state index contributed by atoms with van der Waals surface area (Å²) in [4.78, 5) is 24.3. The van der Waals surface area contributed by atoms with Gasteiger partial charge in [0.2, 0.25) is 5.91 Å². The minimum absolute atomic E-state index is 0.0270. The highest BCUT2D eigenvalue weighted by atomic mass is 32.1. The summed E-state index contributed by atoms with van der Waals surface area (Å²) in [6, 6.07) is 4.66. The number of fused-ring (bicyclic) bond motifs is 1. The number of nitrogens with one attached hydrogen (secondary N) is 1. The van der Waals surface area contributed by atoms with Crippen LogP contribution < -0.4 is 5.32 Å². The van der Waals surface area contributed by atoms with E-state index < -0.39 is 0 Å². The highest BCUT2D eigenvalue weighted by Gasteiger charge is 2.20. The van der Waals surface area contributed by atoms with Gasteiger partial charge in [-0.1, -0.05) is 19.6 Å². The van der Waals surface area contributed by atoms with Gasteiger partial charge in [-0.15, -0.1) is 11.3 Å². The number of carbonyl (C=O) groups is 1. The molecular weight excluding hydrogens is 394 g/mol. The SMILES string of the molecule is C=CC(=O)N1CC=C(c2nc(Nc3ncc(C)s3)cc3c2ccn3[C@@H](C)CC)CC1. The van der Waals surface area contributed by atoms with Gasteiger partial charge in [0.1, 0.15) is 5.82 Å². The number of aromatic nitrogens is 3. The Morgan fingerprint density at radius 2 is 2.30 bits per heavy atom. The average molecular weight is 422 g/mol. The first kappa shape index (κ1) is 20.3. The number of aryl methyl sites for hydroxylation is 1. The van der Waals surface area contributed by atoms with Crippen molar-refractivity contribution >= 4 is 44.7 Å². The third kappa shape index (κ3) is 3.89. The van der Waals surface area contributed by atoms with E-state index in [9.17, 15) is 4.79 Å². The Bertz CT molecular complexity index is 1130. The lowest BCUT2D eigenvalue weighted by Crippen LogP contribution is -2.33. The number of thiazole rings is 1. The van der Waals surface area contributed by atoms with Crippen molar-refractivity contribution < 1.29 is 4.79 Å². The van der Waals surface area contributed by atoms with Crippen LogP contribution in [0.2, 0.25) is 0 Å². The molecule has 0 saturated carbocycles. The van der Waals surface area contributed by atoms with E-state index in [0.29, 0.717) is 19.1 Å². The van der Waals surface area contributed by atoms with Crippen LogP contribution in [0.5, 0.6) is 0 Å². The van der Waals surface area contributed by atoms with Crippen LogP contribution in [0.4, 0.5) is 10.9 Å². The molecule has 6 nitrogen and oxygen atoms in total. The molecule has 0 saturated heterocycles. The monoisotopic (exact) mass is 421 g/mol. The van der Waals surface area contributed by atoms with E-state index in [1.807, 2.05) is 13.1 Å². The molecule has 0 aliphatic carbocycles. The lowest BCUT2D eigenvalue weighted by atomic mass is 10.0. The van der Waals surface area contributed by atoms with Crippen LogP contribution in [-0.2, 0) is 4.79 Å². The van der Waals surface area contributed by atoms with Gasteiger partial charge in [0.25, 0.3) is 0 Å². The fourth-order valence-electron chi connectivity index (χ4n) is 3.78. The zero-order valence-corrected chi connectivity index (χ0v) is 18.5. The number of hydrogen-bond donors (Lipinski definition) is 1. The molecule has 0 unspecified atom stereocenters. The molecule has 0 radical (unpaired) electrons. The molecule has 0 fully saturated rings. The molecule has 156 valence electrons. The van der Waals surface area contributed by atoms with Crippen LogP contribution in [0.3, 0.4) is 0 Å². The Balaban J connectivity index is 1.77. The van der Waals surface area contributed by atoms with E-state index in [-0.39, 0.29) is 5.91 Å². The Morgan fingerprint density at radius 1 is 1.47 bits per heavy atom. The van der Waals surface area contributed by atoms with Gasteiger partial charge in [-0.25, -0.2) is 9.97 Å². The first-order valence-corrected chi connectivity index (χ1v) is 11.1. The fraction of sp³-hybridized carbons (Fsp3) is 0.348. The molecule has 4 heterocycles. The molecule has 3 aromatic rings. The number of hydrogen-bond acceptors (Lipinski definition) is 5. The van der Waals surface area contributed by atoms with Gasteiger partial charge < -0.3 is 14.8 Å². The minimum Gasteiger partial charge on any atom is -0.345 e. The largest absolute Gasteiger partial charge is 0.345 e. The predicted molar refractivity (Wildman–Crippen MR) is 124 cm³/mol. The maximum atomic E-state index is 11.9. The molecule has 1 amide bonds. The van der Waals surface area contributed by atoms with Gasteiger partial charge in [-0.3, -0.25) is 4.79 Å². The van der Waals surface area contributed by atoms with Gasteiger partial charge in [0, 0.05) is 47.9 Å². The quantitative estimate of drug-likeness (QED) is 0.547. The molecule has 1 atom stereocenters. The van der Waals surface area contributed by atoms with E-state index in [1.165, 1.54) is 11.6 Å². The van der Waals surface area contributed by atoms with Gasteiger partial charge in [-0.05, 0) is 44.4 Å². The number of anilines is 2. The molecule has 1 N–H and O–H groups in total. The number of rotatable bonds is 6. The maximum absolute atomic E-state index is 11.9. The lowest BCUT2D eigenvalue weighted by Gasteiger charge is -2.25. The van der Waals surface area contributed by atoms with Gasteiger partial charge in [-0.2, -0.15) is 0 Å². The second-order valence-electron chi connectivity index (χ2n) is 7.64. The first-order valence-electron chi connectivity index (χ1n) is 10.3. The molecular formula is C23H27N5OS. The number of amides is 1. The van der Waals surface area contributed by atoms with Crippen LogP contribution in [0.25, 0.3) is 16.5 Å². The molecule has 0 bridgehead atoms. The third-order valence-electron chi connectivity index (χ3n) is 5.64. The highest BCUT2D eigenvalue weighted by Crippen LogP contribution is 2.33. The Hall–Kier alpha value is -2.93. The summed E-state index contributed by atoms with van der Waals surface area (Å²) in [6.07, 6.45) is 9.33. The van der Waals surface area contributed by atoms with Gasteiger partial charge in [0.15, 0.2) is 5.13 Å². The van der Waals surface area contributed by atoms with Crippen LogP contribution in [-0.4, -0.2) is 38.4 Å². The van der Waals surface area contributed by atoms with Crippen LogP contribution in [0, 0.1) is 6.92 Å². The highest BCUT2D eigenvalue weighted by molar-refractivity contribution is 7.15. The lowest BCUT2D eigenvalue weighted by molar-refractivity contribution is -0.125. The summed E-state index contributed by atoms with van der Waals surface area (Å²) >= 11 is 1.62. The van der Waals surface area contributed by atoms with Crippen molar-refractivity contribution in [1.82, 2.24) is 19.4 Å². The van der Waals surface area contributed by atoms with E-state index in [2.05, 4.69) is 59.7 Å². The molecule has 1 aliphatic rings. The molecule has 0 spiro atoms. The van der Waals surface area contributed by atoms with E-state index >= 15 is 0 Å². The van der Waals surface area contributed by atoms with E-state index in [0.717, 1.165) is 45.3 Å². The van der Waals surface area contributed by atoms with Crippen molar-refractivity contribution in [1.29, 1.82) is 0 Å². The topological polar surface area (TPSA) is 63.1 Å².